The normalized spacial score (nSPS) is 7.50. The Labute approximate surface area is 135 Å². The number of alkyl halides is 1. The molecule has 0 aliphatic carbocycles. The first-order chi connectivity index (χ1) is 5.06. The van der Waals surface area contributed by atoms with E-state index < -0.39 is 0 Å². The molecule has 0 saturated heterocycles. The predicted octanol–water partition coefficient (Wildman–Crippen LogP) is -0.369. The SMILES string of the molecule is CC(C)N(C)C.CI.C[N-]C.[K+]. The van der Waals surface area contributed by atoms with Gasteiger partial charge in [-0.2, -0.15) is 14.1 Å². The molecule has 0 heterocycles. The van der Waals surface area contributed by atoms with Crippen LogP contribution in [-0.2, 0) is 0 Å². The Kier molecular flexibility index (Phi) is 46.2. The maximum atomic E-state index is 3.50. The van der Waals surface area contributed by atoms with Crippen LogP contribution in [0.1, 0.15) is 13.8 Å². The van der Waals surface area contributed by atoms with E-state index in [4.69, 9.17) is 0 Å². The van der Waals surface area contributed by atoms with Crippen LogP contribution in [0.4, 0.5) is 0 Å². The maximum Gasteiger partial charge on any atom is 1.00 e. The minimum atomic E-state index is 0. The van der Waals surface area contributed by atoms with Crippen molar-refractivity contribution >= 4 is 22.6 Å². The summed E-state index contributed by atoms with van der Waals surface area (Å²) in [5.41, 5.74) is 0. The van der Waals surface area contributed by atoms with Gasteiger partial charge in [-0.3, -0.25) is 0 Å². The van der Waals surface area contributed by atoms with E-state index in [1.807, 2.05) is 4.93 Å². The van der Waals surface area contributed by atoms with E-state index in [0.29, 0.717) is 6.04 Å². The van der Waals surface area contributed by atoms with Crippen LogP contribution < -0.4 is 51.4 Å². The van der Waals surface area contributed by atoms with Gasteiger partial charge in [0.15, 0.2) is 0 Å². The third kappa shape index (κ3) is 39.6. The van der Waals surface area contributed by atoms with E-state index >= 15 is 0 Å². The Morgan fingerprint density at radius 3 is 1.17 bits per heavy atom. The van der Waals surface area contributed by atoms with Gasteiger partial charge in [-0.25, -0.2) is 0 Å². The summed E-state index contributed by atoms with van der Waals surface area (Å²) in [4.78, 5) is 4.14. The van der Waals surface area contributed by atoms with Crippen LogP contribution in [0.5, 0.6) is 0 Å². The minimum absolute atomic E-state index is 0. The zero-order valence-electron chi connectivity index (χ0n) is 9.85. The summed E-state index contributed by atoms with van der Waals surface area (Å²) in [5.74, 6) is 0. The molecule has 0 radical (unpaired) electrons. The van der Waals surface area contributed by atoms with Gasteiger partial charge < -0.3 is 10.2 Å². The molecule has 0 aromatic carbocycles. The predicted molar refractivity (Wildman–Crippen MR) is 64.0 cm³/mol. The monoisotopic (exact) mass is 312 g/mol. The van der Waals surface area contributed by atoms with Crippen LogP contribution in [0.3, 0.4) is 0 Å². The van der Waals surface area contributed by atoms with Crippen LogP contribution in [0, 0.1) is 0 Å². The second kappa shape index (κ2) is 23.3. The standard InChI is InChI=1S/C5H13N.C2H6N.CH3I.K/c1-5(2)6(3)4;1-3-2;1-2;/h5H,1-4H3;1-2H3;1H3;/q;-1;;+1. The van der Waals surface area contributed by atoms with Gasteiger partial charge in [0.1, 0.15) is 0 Å². The Hall–Kier alpha value is 2.29. The van der Waals surface area contributed by atoms with Crippen molar-refractivity contribution in [2.24, 2.45) is 0 Å². The van der Waals surface area contributed by atoms with Crippen LogP contribution in [0.2, 0.25) is 0 Å². The molecule has 72 valence electrons. The van der Waals surface area contributed by atoms with Crippen molar-refractivity contribution in [3.05, 3.63) is 5.32 Å². The molecule has 2 nitrogen and oxygen atoms in total. The van der Waals surface area contributed by atoms with E-state index in [1.165, 1.54) is 0 Å². The fourth-order valence-electron chi connectivity index (χ4n) is 0. The van der Waals surface area contributed by atoms with Crippen molar-refractivity contribution in [2.75, 3.05) is 33.1 Å². The van der Waals surface area contributed by atoms with E-state index in [9.17, 15) is 0 Å². The number of nitrogens with zero attached hydrogens (tertiary/aromatic N) is 2. The van der Waals surface area contributed by atoms with Gasteiger partial charge in [0.2, 0.25) is 0 Å². The van der Waals surface area contributed by atoms with Crippen molar-refractivity contribution in [1.29, 1.82) is 0 Å². The molecule has 0 fully saturated rings. The van der Waals surface area contributed by atoms with Crippen molar-refractivity contribution in [3.8, 4) is 0 Å². The second-order valence-electron chi connectivity index (χ2n) is 2.50. The summed E-state index contributed by atoms with van der Waals surface area (Å²) in [6, 6.07) is 0.685. The number of halogens is 1. The van der Waals surface area contributed by atoms with E-state index in [0.717, 1.165) is 0 Å². The van der Waals surface area contributed by atoms with Gasteiger partial charge in [0.05, 0.1) is 0 Å². The van der Waals surface area contributed by atoms with Gasteiger partial charge in [-0.05, 0) is 32.9 Å². The molecule has 4 heteroatoms. The summed E-state index contributed by atoms with van der Waals surface area (Å²) in [5, 5.41) is 3.50. The van der Waals surface area contributed by atoms with Gasteiger partial charge in [0, 0.05) is 6.04 Å². The Morgan fingerprint density at radius 2 is 1.17 bits per heavy atom. The molecule has 0 unspecified atom stereocenters. The van der Waals surface area contributed by atoms with Crippen molar-refractivity contribution in [2.45, 2.75) is 19.9 Å². The molecule has 0 aromatic heterocycles. The summed E-state index contributed by atoms with van der Waals surface area (Å²) in [6.45, 7) is 4.33. The van der Waals surface area contributed by atoms with Crippen LogP contribution in [0.25, 0.3) is 5.32 Å². The molecular formula is C8H22IKN2. The fourth-order valence-corrected chi connectivity index (χ4v) is 0. The maximum absolute atomic E-state index is 3.50. The van der Waals surface area contributed by atoms with Crippen molar-refractivity contribution in [3.63, 3.8) is 0 Å². The third-order valence-corrected chi connectivity index (χ3v) is 1.03. The van der Waals surface area contributed by atoms with Crippen LogP contribution in [0.15, 0.2) is 0 Å². The molecule has 0 saturated carbocycles. The molecule has 0 spiro atoms. The zero-order valence-corrected chi connectivity index (χ0v) is 15.1. The quantitative estimate of drug-likeness (QED) is 0.367. The van der Waals surface area contributed by atoms with Gasteiger partial charge >= 0.3 is 51.4 Å². The van der Waals surface area contributed by atoms with Crippen LogP contribution >= 0.6 is 22.6 Å². The summed E-state index contributed by atoms with van der Waals surface area (Å²) < 4.78 is 0. The fraction of sp³-hybridized carbons (Fsp3) is 1.00. The van der Waals surface area contributed by atoms with Gasteiger partial charge in [-0.1, -0.05) is 22.6 Å². The average molecular weight is 312 g/mol. The molecule has 0 rings (SSSR count). The Morgan fingerprint density at radius 1 is 1.08 bits per heavy atom. The average Bonchev–Trinajstić information content (AvgIpc) is 1.93. The molecule has 0 aliphatic heterocycles. The minimum Gasteiger partial charge on any atom is -0.668 e. The smallest absolute Gasteiger partial charge is 0.668 e. The number of hydrogen-bond donors (Lipinski definition) is 0. The topological polar surface area (TPSA) is 17.3 Å². The number of rotatable bonds is 1. The molecular weight excluding hydrogens is 290 g/mol. The third-order valence-electron chi connectivity index (χ3n) is 1.03. The largest absolute Gasteiger partial charge is 1.00 e. The van der Waals surface area contributed by atoms with E-state index in [-0.39, 0.29) is 51.4 Å². The summed E-state index contributed by atoms with van der Waals surface area (Å²) >= 11 is 2.15. The first-order valence-corrected chi connectivity index (χ1v) is 5.74. The van der Waals surface area contributed by atoms with E-state index in [1.54, 1.807) is 14.1 Å². The zero-order chi connectivity index (χ0) is 9.86. The molecule has 12 heavy (non-hydrogen) atoms. The molecule has 0 N–H and O–H groups in total. The first kappa shape index (κ1) is 23.8. The molecule has 0 aromatic rings. The number of hydrogen-bond acceptors (Lipinski definition) is 1. The van der Waals surface area contributed by atoms with Crippen LogP contribution in [-0.4, -0.2) is 44.1 Å². The summed E-state index contributed by atoms with van der Waals surface area (Å²) in [6.07, 6.45) is 0. The second-order valence-corrected chi connectivity index (χ2v) is 2.50. The summed E-state index contributed by atoms with van der Waals surface area (Å²) in [7, 11) is 7.65. The van der Waals surface area contributed by atoms with Gasteiger partial charge in [-0.15, -0.1) is 0 Å². The molecule has 0 atom stereocenters. The van der Waals surface area contributed by atoms with Crippen molar-refractivity contribution in [1.82, 2.24) is 4.90 Å². The van der Waals surface area contributed by atoms with Gasteiger partial charge in [0.25, 0.3) is 0 Å². The molecule has 0 amide bonds. The van der Waals surface area contributed by atoms with Crippen molar-refractivity contribution < 1.29 is 51.4 Å². The molecule has 0 aliphatic rings. The molecule has 0 bridgehead atoms. The Balaban J connectivity index is -0.0000000462. The van der Waals surface area contributed by atoms with E-state index in [2.05, 4.69) is 60.8 Å². The Bertz CT molecular complexity index is 46.3. The first-order valence-electron chi connectivity index (χ1n) is 3.58.